The van der Waals surface area contributed by atoms with Crippen LogP contribution < -0.4 is 0 Å². The number of benzene rings is 1. The number of pyridine rings is 1. The standard InChI is InChI=1S/C22H23NO2.C6H10O2.C4H8/c1-4-5-7-13-8-6-9-15-17(13)20-18-14(10-11-23-20)12-16(24)21(25)19(18)22(15,2)3;1-5(7)4-6(2)8-3;1-3-4-2/h4-6,9-13,24-25H,7-8H2,1-3H3;4H,1-3H3;3H,1,4H2,2H3/b;6-4-;. The van der Waals surface area contributed by atoms with Gasteiger partial charge in [0.15, 0.2) is 17.3 Å². The molecule has 1 heterocycles. The van der Waals surface area contributed by atoms with Crippen molar-refractivity contribution < 1.29 is 19.7 Å². The van der Waals surface area contributed by atoms with Crippen molar-refractivity contribution in [3.05, 3.63) is 84.0 Å². The van der Waals surface area contributed by atoms with Crippen LogP contribution in [-0.4, -0.2) is 28.1 Å². The van der Waals surface area contributed by atoms with E-state index in [9.17, 15) is 15.0 Å². The topological polar surface area (TPSA) is 79.7 Å². The zero-order chi connectivity index (χ0) is 27.8. The first-order chi connectivity index (χ1) is 17.5. The molecule has 0 aliphatic heterocycles. The summed E-state index contributed by atoms with van der Waals surface area (Å²) in [7, 11) is 1.54. The smallest absolute Gasteiger partial charge is 0.162 e. The number of aromatic hydroxyl groups is 2. The maximum absolute atomic E-state index is 10.7. The number of carbonyl (C=O) groups excluding carboxylic acids is 1. The minimum Gasteiger partial charge on any atom is -0.504 e. The van der Waals surface area contributed by atoms with Crippen LogP contribution in [0.1, 0.15) is 72.1 Å². The van der Waals surface area contributed by atoms with Gasteiger partial charge < -0.3 is 14.9 Å². The Morgan fingerprint density at radius 1 is 1.30 bits per heavy atom. The van der Waals surface area contributed by atoms with Gasteiger partial charge in [0.1, 0.15) is 0 Å². The molecule has 0 saturated heterocycles. The van der Waals surface area contributed by atoms with Crippen molar-refractivity contribution >= 4 is 22.1 Å². The predicted octanol–water partition coefficient (Wildman–Crippen LogP) is 7.94. The summed E-state index contributed by atoms with van der Waals surface area (Å²) in [6.45, 7) is 15.1. The Bertz CT molecular complexity index is 1260. The first-order valence-electron chi connectivity index (χ1n) is 12.8. The summed E-state index contributed by atoms with van der Waals surface area (Å²) in [5, 5.41) is 22.8. The molecule has 0 fully saturated rings. The molecular formula is C32H41NO4. The van der Waals surface area contributed by atoms with Gasteiger partial charge in [-0.15, -0.1) is 6.58 Å². The van der Waals surface area contributed by atoms with Crippen LogP contribution in [0.15, 0.2) is 72.7 Å². The molecule has 198 valence electrons. The van der Waals surface area contributed by atoms with Crippen molar-refractivity contribution in [2.45, 2.75) is 66.2 Å². The van der Waals surface area contributed by atoms with Gasteiger partial charge in [-0.2, -0.15) is 0 Å². The van der Waals surface area contributed by atoms with Crippen molar-refractivity contribution in [1.29, 1.82) is 0 Å². The molecule has 1 aromatic carbocycles. The summed E-state index contributed by atoms with van der Waals surface area (Å²) in [4.78, 5) is 15.0. The van der Waals surface area contributed by atoms with Gasteiger partial charge in [0.05, 0.1) is 18.6 Å². The zero-order valence-corrected chi connectivity index (χ0v) is 23.3. The number of carbonyl (C=O) groups is 1. The van der Waals surface area contributed by atoms with Gasteiger partial charge in [-0.3, -0.25) is 9.78 Å². The molecular weight excluding hydrogens is 462 g/mol. The third-order valence-electron chi connectivity index (χ3n) is 6.64. The van der Waals surface area contributed by atoms with Crippen molar-refractivity contribution in [3.8, 4) is 11.5 Å². The molecule has 2 aliphatic rings. The number of ketones is 1. The summed E-state index contributed by atoms with van der Waals surface area (Å²) in [5.41, 5.74) is 3.82. The minimum absolute atomic E-state index is 0.0179. The molecule has 0 radical (unpaired) electrons. The lowest BCUT2D eigenvalue weighted by Gasteiger charge is -2.39. The number of nitrogens with zero attached hydrogens (tertiary/aromatic N) is 1. The van der Waals surface area contributed by atoms with Crippen molar-refractivity contribution in [2.24, 2.45) is 5.92 Å². The fourth-order valence-corrected chi connectivity index (χ4v) is 4.77. The van der Waals surface area contributed by atoms with E-state index in [1.165, 1.54) is 31.3 Å². The lowest BCUT2D eigenvalue weighted by molar-refractivity contribution is -0.112. The van der Waals surface area contributed by atoms with Crippen LogP contribution in [0, 0.1) is 5.92 Å². The van der Waals surface area contributed by atoms with Crippen molar-refractivity contribution in [3.63, 3.8) is 0 Å². The predicted molar refractivity (Wildman–Crippen MR) is 154 cm³/mol. The van der Waals surface area contributed by atoms with Crippen LogP contribution in [0.3, 0.4) is 0 Å². The minimum atomic E-state index is -0.391. The molecule has 2 aromatic rings. The first-order valence-corrected chi connectivity index (χ1v) is 12.8. The number of allylic oxidation sites excluding steroid dienone is 9. The Kier molecular flexibility index (Phi) is 10.5. The fourth-order valence-electron chi connectivity index (χ4n) is 4.77. The van der Waals surface area contributed by atoms with Crippen LogP contribution in [0.25, 0.3) is 16.3 Å². The molecule has 5 nitrogen and oxygen atoms in total. The Hall–Kier alpha value is -3.60. The van der Waals surface area contributed by atoms with Gasteiger partial charge >= 0.3 is 0 Å². The van der Waals surface area contributed by atoms with Crippen molar-refractivity contribution in [2.75, 3.05) is 7.11 Å². The highest BCUT2D eigenvalue weighted by Gasteiger charge is 2.40. The Morgan fingerprint density at radius 3 is 2.51 bits per heavy atom. The number of ether oxygens (including phenoxy) is 1. The molecule has 0 amide bonds. The van der Waals surface area contributed by atoms with E-state index in [0.717, 1.165) is 41.3 Å². The quantitative estimate of drug-likeness (QED) is 0.187. The Morgan fingerprint density at radius 2 is 1.97 bits per heavy atom. The summed E-state index contributed by atoms with van der Waals surface area (Å²) in [6.07, 6.45) is 16.9. The molecule has 0 spiro atoms. The van der Waals surface area contributed by atoms with Gasteiger partial charge in [-0.1, -0.05) is 51.2 Å². The monoisotopic (exact) mass is 503 g/mol. The van der Waals surface area contributed by atoms with Crippen LogP contribution in [0.2, 0.25) is 0 Å². The SMILES string of the molecule is C=CCC.CC=CCC1CC=CC2=C1c1nccc3cc(O)c(O)c(c13)C2(C)C.CO/C(C)=C\C(C)=O. The average Bonchev–Trinajstić information content (AvgIpc) is 2.87. The maximum atomic E-state index is 10.7. The average molecular weight is 504 g/mol. The van der Waals surface area contributed by atoms with E-state index < -0.39 is 5.41 Å². The number of hydrogen-bond acceptors (Lipinski definition) is 5. The summed E-state index contributed by atoms with van der Waals surface area (Å²) >= 11 is 0. The summed E-state index contributed by atoms with van der Waals surface area (Å²) in [6, 6.07) is 3.54. The molecule has 2 N–H and O–H groups in total. The van der Waals surface area contributed by atoms with E-state index >= 15 is 0 Å². The highest BCUT2D eigenvalue weighted by Crippen LogP contribution is 2.55. The largest absolute Gasteiger partial charge is 0.504 e. The number of methoxy groups -OCH3 is 1. The second-order valence-corrected chi connectivity index (χ2v) is 9.74. The lowest BCUT2D eigenvalue weighted by atomic mass is 9.64. The van der Waals surface area contributed by atoms with E-state index in [0.29, 0.717) is 11.7 Å². The number of phenolic OH excluding ortho intramolecular Hbond substituents is 2. The summed E-state index contributed by atoms with van der Waals surface area (Å²) in [5.74, 6) is 0.962. The van der Waals surface area contributed by atoms with Gasteiger partial charge in [-0.25, -0.2) is 0 Å². The fraction of sp³-hybridized carbons (Fsp3) is 0.375. The zero-order valence-electron chi connectivity index (χ0n) is 23.3. The second-order valence-electron chi connectivity index (χ2n) is 9.74. The van der Waals surface area contributed by atoms with E-state index in [2.05, 4.69) is 51.7 Å². The third kappa shape index (κ3) is 6.59. The van der Waals surface area contributed by atoms with Gasteiger partial charge in [0.2, 0.25) is 0 Å². The van der Waals surface area contributed by atoms with Crippen LogP contribution >= 0.6 is 0 Å². The van der Waals surface area contributed by atoms with Gasteiger partial charge in [-0.05, 0) is 74.6 Å². The maximum Gasteiger partial charge on any atom is 0.162 e. The highest BCUT2D eigenvalue weighted by atomic mass is 16.5. The molecule has 1 atom stereocenters. The highest BCUT2D eigenvalue weighted by molar-refractivity contribution is 6.02. The second kappa shape index (κ2) is 13.1. The molecule has 37 heavy (non-hydrogen) atoms. The summed E-state index contributed by atoms with van der Waals surface area (Å²) < 4.78 is 4.70. The Balaban J connectivity index is 0.000000338. The molecule has 0 bridgehead atoms. The van der Waals surface area contributed by atoms with E-state index in [4.69, 9.17) is 9.72 Å². The number of fused-ring (bicyclic) bond motifs is 1. The van der Waals surface area contributed by atoms with E-state index in [1.54, 1.807) is 19.2 Å². The first kappa shape index (κ1) is 29.6. The lowest BCUT2D eigenvalue weighted by Crippen LogP contribution is -2.28. The van der Waals surface area contributed by atoms with E-state index in [1.807, 2.05) is 19.1 Å². The van der Waals surface area contributed by atoms with Crippen LogP contribution in [-0.2, 0) is 14.9 Å². The number of aromatic nitrogens is 1. The van der Waals surface area contributed by atoms with Crippen LogP contribution in [0.4, 0.5) is 0 Å². The van der Waals surface area contributed by atoms with Crippen molar-refractivity contribution in [1.82, 2.24) is 4.98 Å². The van der Waals surface area contributed by atoms with Crippen LogP contribution in [0.5, 0.6) is 11.5 Å². The van der Waals surface area contributed by atoms with E-state index in [-0.39, 0.29) is 17.3 Å². The molecule has 1 unspecified atom stereocenters. The van der Waals surface area contributed by atoms with Gasteiger partial charge in [0.25, 0.3) is 0 Å². The Labute approximate surface area is 221 Å². The molecule has 4 rings (SSSR count). The third-order valence-corrected chi connectivity index (χ3v) is 6.64. The molecule has 0 saturated carbocycles. The number of phenols is 2. The number of hydrogen-bond donors (Lipinski definition) is 2. The molecule has 5 heteroatoms. The molecule has 2 aliphatic carbocycles. The molecule has 1 aromatic heterocycles. The van der Waals surface area contributed by atoms with Gasteiger partial charge in [0, 0.05) is 28.6 Å². The normalized spacial score (nSPS) is 17.4. The number of rotatable bonds is 5.